The third-order valence-electron chi connectivity index (χ3n) is 2.95. The molecule has 1 aromatic heterocycles. The number of hydrogen-bond acceptors (Lipinski definition) is 4. The average molecular weight is 224 g/mol. The van der Waals surface area contributed by atoms with Crippen LogP contribution in [0.5, 0.6) is 0 Å². The number of aliphatic hydroxyl groups is 1. The first kappa shape index (κ1) is 11.2. The van der Waals surface area contributed by atoms with E-state index in [1.807, 2.05) is 0 Å². The zero-order valence-corrected chi connectivity index (χ0v) is 9.58. The summed E-state index contributed by atoms with van der Waals surface area (Å²) >= 11 is 0. The van der Waals surface area contributed by atoms with Crippen LogP contribution in [-0.4, -0.2) is 17.7 Å². The number of furan rings is 1. The summed E-state index contributed by atoms with van der Waals surface area (Å²) in [6, 6.07) is 0. The van der Waals surface area contributed by atoms with Gasteiger partial charge in [0, 0.05) is 17.5 Å². The second kappa shape index (κ2) is 4.29. The molecular weight excluding hydrogens is 208 g/mol. The molecule has 0 amide bonds. The van der Waals surface area contributed by atoms with Gasteiger partial charge in [0.15, 0.2) is 0 Å². The number of aliphatic hydroxyl groups excluding tert-OH is 1. The van der Waals surface area contributed by atoms with E-state index in [2.05, 4.69) is 0 Å². The van der Waals surface area contributed by atoms with Gasteiger partial charge in [-0.3, -0.25) is 0 Å². The summed E-state index contributed by atoms with van der Waals surface area (Å²) in [5.41, 5.74) is 1.51. The molecule has 0 saturated heterocycles. The van der Waals surface area contributed by atoms with Gasteiger partial charge in [-0.2, -0.15) is 0 Å². The smallest absolute Gasteiger partial charge is 0.374 e. The van der Waals surface area contributed by atoms with E-state index in [4.69, 9.17) is 9.15 Å². The van der Waals surface area contributed by atoms with Crippen molar-refractivity contribution in [2.45, 2.75) is 39.2 Å². The van der Waals surface area contributed by atoms with Gasteiger partial charge < -0.3 is 14.3 Å². The summed E-state index contributed by atoms with van der Waals surface area (Å²) in [7, 11) is 0. The highest BCUT2D eigenvalue weighted by Crippen LogP contribution is 2.35. The lowest BCUT2D eigenvalue weighted by Gasteiger charge is -2.16. The number of esters is 1. The second-order valence-corrected chi connectivity index (χ2v) is 4.02. The molecule has 0 bridgehead atoms. The molecule has 0 radical (unpaired) electrons. The van der Waals surface area contributed by atoms with Gasteiger partial charge in [0.2, 0.25) is 5.76 Å². The highest BCUT2D eigenvalue weighted by molar-refractivity contribution is 5.88. The summed E-state index contributed by atoms with van der Waals surface area (Å²) < 4.78 is 10.4. The first-order chi connectivity index (χ1) is 7.65. The highest BCUT2D eigenvalue weighted by Gasteiger charge is 2.29. The van der Waals surface area contributed by atoms with Gasteiger partial charge in [0.05, 0.1) is 12.7 Å². The Labute approximate surface area is 94.2 Å². The third-order valence-corrected chi connectivity index (χ3v) is 2.95. The van der Waals surface area contributed by atoms with Crippen LogP contribution < -0.4 is 0 Å². The van der Waals surface area contributed by atoms with Crippen molar-refractivity contribution < 1.29 is 19.1 Å². The van der Waals surface area contributed by atoms with Crippen LogP contribution in [0, 0.1) is 6.92 Å². The lowest BCUT2D eigenvalue weighted by molar-refractivity contribution is 0.0486. The summed E-state index contributed by atoms with van der Waals surface area (Å²) in [5.74, 6) is 0.536. The van der Waals surface area contributed by atoms with Crippen LogP contribution >= 0.6 is 0 Å². The number of rotatable bonds is 2. The molecule has 0 aromatic carbocycles. The van der Waals surface area contributed by atoms with E-state index in [0.29, 0.717) is 6.61 Å². The zero-order valence-electron chi connectivity index (χ0n) is 9.58. The summed E-state index contributed by atoms with van der Waals surface area (Å²) in [6.45, 7) is 3.88. The van der Waals surface area contributed by atoms with Crippen LogP contribution in [0.2, 0.25) is 0 Å². The Balaban J connectivity index is 2.38. The number of fused-ring (bicyclic) bond motifs is 1. The molecular formula is C12H16O4. The molecule has 4 heteroatoms. The Hall–Kier alpha value is -1.29. The predicted octanol–water partition coefficient (Wildman–Crippen LogP) is 2.13. The van der Waals surface area contributed by atoms with E-state index >= 15 is 0 Å². The van der Waals surface area contributed by atoms with Crippen molar-refractivity contribution in [3.63, 3.8) is 0 Å². The fraction of sp³-hybridized carbons (Fsp3) is 0.583. The van der Waals surface area contributed by atoms with Gasteiger partial charge in [-0.25, -0.2) is 4.79 Å². The summed E-state index contributed by atoms with van der Waals surface area (Å²) in [6.07, 6.45) is 1.90. The lowest BCUT2D eigenvalue weighted by Crippen LogP contribution is -2.08. The second-order valence-electron chi connectivity index (χ2n) is 4.02. The molecule has 0 aliphatic heterocycles. The van der Waals surface area contributed by atoms with Gasteiger partial charge in [0.25, 0.3) is 0 Å². The lowest BCUT2D eigenvalue weighted by atomic mass is 9.92. The van der Waals surface area contributed by atoms with Crippen molar-refractivity contribution >= 4 is 5.97 Å². The Kier molecular flexibility index (Phi) is 3.01. The molecule has 1 aromatic rings. The van der Waals surface area contributed by atoms with E-state index in [0.717, 1.165) is 36.1 Å². The van der Waals surface area contributed by atoms with Crippen LogP contribution in [0.25, 0.3) is 0 Å². The maximum Gasteiger partial charge on any atom is 0.374 e. The van der Waals surface area contributed by atoms with Gasteiger partial charge in [0.1, 0.15) is 5.76 Å². The highest BCUT2D eigenvalue weighted by atomic mass is 16.5. The topological polar surface area (TPSA) is 59.7 Å². The van der Waals surface area contributed by atoms with Crippen molar-refractivity contribution in [1.82, 2.24) is 0 Å². The van der Waals surface area contributed by atoms with Crippen LogP contribution in [0.3, 0.4) is 0 Å². The minimum Gasteiger partial charge on any atom is -0.460 e. The molecule has 1 heterocycles. The number of ether oxygens (including phenoxy) is 1. The number of hydrogen-bond donors (Lipinski definition) is 1. The fourth-order valence-electron chi connectivity index (χ4n) is 2.20. The van der Waals surface area contributed by atoms with Crippen LogP contribution in [0.4, 0.5) is 0 Å². The van der Waals surface area contributed by atoms with E-state index in [-0.39, 0.29) is 5.76 Å². The first-order valence-electron chi connectivity index (χ1n) is 5.62. The van der Waals surface area contributed by atoms with Gasteiger partial charge >= 0.3 is 5.97 Å². The Morgan fingerprint density at radius 3 is 3.00 bits per heavy atom. The van der Waals surface area contributed by atoms with Gasteiger partial charge in [-0.1, -0.05) is 0 Å². The molecule has 0 spiro atoms. The molecule has 2 rings (SSSR count). The van der Waals surface area contributed by atoms with Crippen molar-refractivity contribution in [2.75, 3.05) is 6.61 Å². The fourth-order valence-corrected chi connectivity index (χ4v) is 2.20. The maximum absolute atomic E-state index is 11.6. The standard InChI is InChI=1S/C12H16O4/c1-3-15-12(14)11-7(2)10-8(13)5-4-6-9(10)16-11/h8,13H,3-6H2,1-2H3. The molecule has 1 atom stereocenters. The normalized spacial score (nSPS) is 19.3. The van der Waals surface area contributed by atoms with Crippen LogP contribution in [0.15, 0.2) is 4.42 Å². The Morgan fingerprint density at radius 1 is 1.62 bits per heavy atom. The Bertz CT molecular complexity index is 405. The zero-order chi connectivity index (χ0) is 11.7. The molecule has 16 heavy (non-hydrogen) atoms. The molecule has 1 unspecified atom stereocenters. The first-order valence-corrected chi connectivity index (χ1v) is 5.62. The minimum atomic E-state index is -0.504. The maximum atomic E-state index is 11.6. The number of carbonyl (C=O) groups excluding carboxylic acids is 1. The average Bonchev–Trinajstić information content (AvgIpc) is 2.58. The molecule has 88 valence electrons. The van der Waals surface area contributed by atoms with Gasteiger partial charge in [-0.05, 0) is 26.7 Å². The molecule has 1 aliphatic rings. The van der Waals surface area contributed by atoms with Crippen molar-refractivity contribution in [3.8, 4) is 0 Å². The molecule has 1 aliphatic carbocycles. The SMILES string of the molecule is CCOC(=O)c1oc2c(c1C)C(O)CCC2. The Morgan fingerprint density at radius 2 is 2.38 bits per heavy atom. The predicted molar refractivity (Wildman–Crippen MR) is 57.3 cm³/mol. The quantitative estimate of drug-likeness (QED) is 0.782. The van der Waals surface area contributed by atoms with Crippen molar-refractivity contribution in [1.29, 1.82) is 0 Å². The third kappa shape index (κ3) is 1.73. The van der Waals surface area contributed by atoms with E-state index in [1.54, 1.807) is 13.8 Å². The minimum absolute atomic E-state index is 0.243. The summed E-state index contributed by atoms with van der Waals surface area (Å²) in [5, 5.41) is 9.86. The monoisotopic (exact) mass is 224 g/mol. The van der Waals surface area contributed by atoms with E-state index < -0.39 is 12.1 Å². The molecule has 0 fully saturated rings. The van der Waals surface area contributed by atoms with E-state index in [9.17, 15) is 9.90 Å². The largest absolute Gasteiger partial charge is 0.460 e. The van der Waals surface area contributed by atoms with Crippen LogP contribution in [0.1, 0.15) is 53.3 Å². The van der Waals surface area contributed by atoms with Crippen molar-refractivity contribution in [3.05, 3.63) is 22.6 Å². The van der Waals surface area contributed by atoms with Crippen LogP contribution in [-0.2, 0) is 11.2 Å². The van der Waals surface area contributed by atoms with Crippen molar-refractivity contribution in [2.24, 2.45) is 0 Å². The number of carbonyl (C=O) groups is 1. The molecule has 4 nitrogen and oxygen atoms in total. The van der Waals surface area contributed by atoms with Gasteiger partial charge in [-0.15, -0.1) is 0 Å². The molecule has 1 N–H and O–H groups in total. The van der Waals surface area contributed by atoms with E-state index in [1.165, 1.54) is 0 Å². The summed E-state index contributed by atoms with van der Waals surface area (Å²) in [4.78, 5) is 11.6. The number of aryl methyl sites for hydroxylation is 1. The molecule has 0 saturated carbocycles.